The molecule has 6 heteroatoms. The molecule has 0 N–H and O–H groups in total. The Morgan fingerprint density at radius 3 is 2.29 bits per heavy atom. The van der Waals surface area contributed by atoms with E-state index in [1.807, 2.05) is 42.7 Å². The van der Waals surface area contributed by atoms with Crippen molar-refractivity contribution in [2.45, 2.75) is 71.3 Å². The first-order valence-corrected chi connectivity index (χ1v) is 14.7. The van der Waals surface area contributed by atoms with E-state index < -0.39 is 20.4 Å². The number of fused-ring (bicyclic) bond motifs is 1. The van der Waals surface area contributed by atoms with E-state index in [1.54, 1.807) is 18.2 Å². The highest BCUT2D eigenvalue weighted by molar-refractivity contribution is 6.74. The van der Waals surface area contributed by atoms with Gasteiger partial charge in [-0.05, 0) is 55.7 Å². The lowest BCUT2D eigenvalue weighted by Gasteiger charge is -2.38. The first kappa shape index (κ1) is 25.9. The fourth-order valence-corrected chi connectivity index (χ4v) is 5.08. The molecule has 0 spiro atoms. The van der Waals surface area contributed by atoms with Gasteiger partial charge < -0.3 is 13.7 Å². The van der Waals surface area contributed by atoms with Gasteiger partial charge in [-0.1, -0.05) is 57.2 Å². The van der Waals surface area contributed by atoms with Crippen LogP contribution in [0.2, 0.25) is 18.1 Å². The van der Waals surface area contributed by atoms with Crippen LogP contribution < -0.4 is 4.74 Å². The van der Waals surface area contributed by atoms with Gasteiger partial charge in [0.15, 0.2) is 8.32 Å². The zero-order valence-corrected chi connectivity index (χ0v) is 22.3. The quantitative estimate of drug-likeness (QED) is 0.186. The van der Waals surface area contributed by atoms with Crippen LogP contribution in [-0.4, -0.2) is 25.0 Å². The van der Waals surface area contributed by atoms with Gasteiger partial charge in [-0.25, -0.2) is 4.39 Å². The third-order valence-electron chi connectivity index (χ3n) is 6.61. The van der Waals surface area contributed by atoms with Crippen LogP contribution in [0.5, 0.6) is 5.88 Å². The summed E-state index contributed by atoms with van der Waals surface area (Å²) < 4.78 is 28.1. The highest BCUT2D eigenvalue weighted by Gasteiger charge is 2.39. The van der Waals surface area contributed by atoms with Crippen molar-refractivity contribution in [3.05, 3.63) is 67.0 Å². The van der Waals surface area contributed by atoms with Gasteiger partial charge in [0.05, 0.1) is 23.6 Å². The minimum Gasteiger partial charge on any atom is -0.410 e. The van der Waals surface area contributed by atoms with E-state index in [-0.39, 0.29) is 23.3 Å². The molecule has 0 amide bonds. The van der Waals surface area contributed by atoms with E-state index >= 15 is 0 Å². The zero-order valence-electron chi connectivity index (χ0n) is 21.3. The second-order valence-electron chi connectivity index (χ2n) is 10.5. The van der Waals surface area contributed by atoms with Crippen LogP contribution in [0.25, 0.3) is 22.0 Å². The van der Waals surface area contributed by atoms with Gasteiger partial charge in [0.25, 0.3) is 0 Å². The lowest BCUT2D eigenvalue weighted by Crippen LogP contribution is -2.44. The number of esters is 1. The Morgan fingerprint density at radius 2 is 1.74 bits per heavy atom. The molecule has 3 aromatic rings. The molecule has 0 unspecified atom stereocenters. The smallest absolute Gasteiger partial charge is 0.315 e. The Morgan fingerprint density at radius 1 is 1.12 bits per heavy atom. The normalized spacial score (nSPS) is 13.3. The Hall–Kier alpha value is -2.70. The molecule has 0 radical (unpaired) electrons. The van der Waals surface area contributed by atoms with Crippen LogP contribution in [0.15, 0.2) is 61.2 Å². The van der Waals surface area contributed by atoms with Crippen LogP contribution in [0.3, 0.4) is 0 Å². The first-order valence-electron chi connectivity index (χ1n) is 11.8. The number of carbonyl (C=O) groups excluding carboxylic acids is 1. The number of para-hydroxylation sites is 1. The van der Waals surface area contributed by atoms with Gasteiger partial charge in [-0.2, -0.15) is 0 Å². The third kappa shape index (κ3) is 5.34. The van der Waals surface area contributed by atoms with Crippen LogP contribution in [-0.2, 0) is 9.22 Å². The average molecular weight is 482 g/mol. The highest BCUT2D eigenvalue weighted by atomic mass is 28.4. The standard InChI is InChI=1S/C28H36FNO3Si/c1-9-22(33-34(7,8)28(4,5)6)18-25(31)32-27-26(20-14-16-21(29)17-15-20)23-12-10-11-13-24(23)30(27)19(2)3/h9-17,19,22H,1,18H2,2-8H3/t22-/m1/s1. The van der Waals surface area contributed by atoms with Crippen molar-refractivity contribution < 1.29 is 18.3 Å². The minimum atomic E-state index is -2.09. The molecule has 0 saturated heterocycles. The Bertz CT molecular complexity index is 1170. The molecular weight excluding hydrogens is 445 g/mol. The van der Waals surface area contributed by atoms with Crippen molar-refractivity contribution in [3.63, 3.8) is 0 Å². The van der Waals surface area contributed by atoms with Crippen LogP contribution in [0.1, 0.15) is 47.1 Å². The van der Waals surface area contributed by atoms with Crippen molar-refractivity contribution in [2.24, 2.45) is 0 Å². The monoisotopic (exact) mass is 481 g/mol. The molecule has 4 nitrogen and oxygen atoms in total. The maximum absolute atomic E-state index is 13.7. The van der Waals surface area contributed by atoms with E-state index in [4.69, 9.17) is 9.16 Å². The van der Waals surface area contributed by atoms with Crippen molar-refractivity contribution >= 4 is 25.2 Å². The number of aromatic nitrogens is 1. The fourth-order valence-electron chi connectivity index (χ4n) is 3.79. The van der Waals surface area contributed by atoms with Crippen molar-refractivity contribution in [2.75, 3.05) is 0 Å². The molecule has 0 fully saturated rings. The van der Waals surface area contributed by atoms with Gasteiger partial charge in [0.1, 0.15) is 5.82 Å². The van der Waals surface area contributed by atoms with Crippen molar-refractivity contribution in [3.8, 4) is 17.0 Å². The maximum Gasteiger partial charge on any atom is 0.315 e. The number of nitrogens with zero attached hydrogens (tertiary/aromatic N) is 1. The van der Waals surface area contributed by atoms with Crippen molar-refractivity contribution in [1.82, 2.24) is 4.57 Å². The number of benzene rings is 2. The number of hydrogen-bond acceptors (Lipinski definition) is 3. The lowest BCUT2D eigenvalue weighted by molar-refractivity contribution is -0.136. The predicted octanol–water partition coefficient (Wildman–Crippen LogP) is 7.90. The Balaban J connectivity index is 2.01. The van der Waals surface area contributed by atoms with Gasteiger partial charge >= 0.3 is 5.97 Å². The predicted molar refractivity (Wildman–Crippen MR) is 140 cm³/mol. The number of carbonyl (C=O) groups is 1. The van der Waals surface area contributed by atoms with Gasteiger partial charge in [0.2, 0.25) is 5.88 Å². The molecule has 0 aliphatic heterocycles. The number of halogens is 1. The Labute approximate surface area is 203 Å². The zero-order chi connectivity index (χ0) is 25.3. The van der Waals surface area contributed by atoms with E-state index in [1.165, 1.54) is 12.1 Å². The Kier molecular flexibility index (Phi) is 7.53. The summed E-state index contributed by atoms with van der Waals surface area (Å²) in [6, 6.07) is 14.2. The summed E-state index contributed by atoms with van der Waals surface area (Å²) >= 11 is 0. The first-order chi connectivity index (χ1) is 15.9. The highest BCUT2D eigenvalue weighted by Crippen LogP contribution is 2.42. The second-order valence-corrected chi connectivity index (χ2v) is 15.3. The van der Waals surface area contributed by atoms with Gasteiger partial charge in [0, 0.05) is 11.4 Å². The topological polar surface area (TPSA) is 40.5 Å². The molecule has 0 aliphatic carbocycles. The van der Waals surface area contributed by atoms with E-state index in [0.29, 0.717) is 5.88 Å². The molecule has 0 aliphatic rings. The molecular formula is C28H36FNO3Si. The fraction of sp³-hybridized carbons (Fsp3) is 0.393. The summed E-state index contributed by atoms with van der Waals surface area (Å²) in [6.07, 6.45) is 1.32. The average Bonchev–Trinajstić information content (AvgIpc) is 3.06. The van der Waals surface area contributed by atoms with Crippen molar-refractivity contribution in [1.29, 1.82) is 0 Å². The maximum atomic E-state index is 13.7. The van der Waals surface area contributed by atoms with E-state index in [2.05, 4.69) is 40.4 Å². The summed E-state index contributed by atoms with van der Waals surface area (Å²) in [5.74, 6) is -0.244. The molecule has 3 rings (SSSR count). The lowest BCUT2D eigenvalue weighted by atomic mass is 10.0. The molecule has 1 aromatic heterocycles. The SMILES string of the molecule is C=C[C@H](CC(=O)Oc1c(-c2ccc(F)cc2)c2ccccc2n1C(C)C)O[Si](C)(C)C(C)(C)C. The number of rotatable bonds is 8. The summed E-state index contributed by atoms with van der Waals surface area (Å²) in [5, 5.41) is 0.959. The summed E-state index contributed by atoms with van der Waals surface area (Å²) in [7, 11) is -2.09. The molecule has 2 aromatic carbocycles. The van der Waals surface area contributed by atoms with E-state index in [0.717, 1.165) is 22.0 Å². The van der Waals surface area contributed by atoms with Crippen LogP contribution >= 0.6 is 0 Å². The van der Waals surface area contributed by atoms with Crippen LogP contribution in [0, 0.1) is 5.82 Å². The second kappa shape index (κ2) is 9.88. The number of hydrogen-bond donors (Lipinski definition) is 0. The van der Waals surface area contributed by atoms with Crippen LogP contribution in [0.4, 0.5) is 4.39 Å². The summed E-state index contributed by atoms with van der Waals surface area (Å²) in [5.41, 5.74) is 2.52. The molecule has 1 atom stereocenters. The number of ether oxygens (including phenoxy) is 1. The van der Waals surface area contributed by atoms with Gasteiger partial charge in [-0.3, -0.25) is 4.79 Å². The van der Waals surface area contributed by atoms with E-state index in [9.17, 15) is 9.18 Å². The van der Waals surface area contributed by atoms with Gasteiger partial charge in [-0.15, -0.1) is 6.58 Å². The largest absolute Gasteiger partial charge is 0.410 e. The summed E-state index contributed by atoms with van der Waals surface area (Å²) in [6.45, 7) is 18.8. The minimum absolute atomic E-state index is 0.0119. The molecule has 182 valence electrons. The third-order valence-corrected chi connectivity index (χ3v) is 11.1. The summed E-state index contributed by atoms with van der Waals surface area (Å²) in [4.78, 5) is 13.2. The molecule has 0 saturated carbocycles. The molecule has 34 heavy (non-hydrogen) atoms. The molecule has 0 bridgehead atoms. The molecule has 1 heterocycles.